The third kappa shape index (κ3) is 3.33. The van der Waals surface area contributed by atoms with Crippen LogP contribution < -0.4 is 0 Å². The fourth-order valence-corrected chi connectivity index (χ4v) is 2.41. The van der Waals surface area contributed by atoms with E-state index >= 15 is 0 Å². The van der Waals surface area contributed by atoms with Crippen LogP contribution in [0.25, 0.3) is 0 Å². The van der Waals surface area contributed by atoms with Crippen LogP contribution in [0.15, 0.2) is 18.6 Å². The molecule has 0 fully saturated rings. The van der Waals surface area contributed by atoms with Gasteiger partial charge in [-0.2, -0.15) is 0 Å². The highest BCUT2D eigenvalue weighted by Crippen LogP contribution is 2.20. The summed E-state index contributed by atoms with van der Waals surface area (Å²) < 4.78 is 5.12. The first kappa shape index (κ1) is 16.5. The van der Waals surface area contributed by atoms with E-state index in [4.69, 9.17) is 4.74 Å². The fourth-order valence-electron chi connectivity index (χ4n) is 2.41. The maximum Gasteiger partial charge on any atom is 0.359 e. The van der Waals surface area contributed by atoms with Crippen molar-refractivity contribution in [3.8, 4) is 0 Å². The zero-order valence-electron chi connectivity index (χ0n) is 13.3. The Morgan fingerprint density at radius 3 is 2.43 bits per heavy atom. The van der Waals surface area contributed by atoms with Crippen LogP contribution in [0.5, 0.6) is 0 Å². The van der Waals surface area contributed by atoms with Gasteiger partial charge < -0.3 is 9.72 Å². The number of aromatic nitrogens is 3. The molecule has 1 N–H and O–H groups in total. The monoisotopic (exact) mass is 315 g/mol. The maximum atomic E-state index is 12.5. The van der Waals surface area contributed by atoms with E-state index in [2.05, 4.69) is 15.0 Å². The molecule has 120 valence electrons. The van der Waals surface area contributed by atoms with Crippen LogP contribution in [0.3, 0.4) is 0 Å². The minimum atomic E-state index is -1.01. The van der Waals surface area contributed by atoms with Crippen molar-refractivity contribution in [2.45, 2.75) is 33.8 Å². The van der Waals surface area contributed by atoms with E-state index in [0.717, 1.165) is 0 Å². The van der Waals surface area contributed by atoms with Gasteiger partial charge in [0.05, 0.1) is 11.9 Å². The molecule has 2 aromatic rings. The molecule has 0 saturated carbocycles. The van der Waals surface area contributed by atoms with Crippen molar-refractivity contribution >= 4 is 17.5 Å². The number of aryl methyl sites for hydroxylation is 1. The van der Waals surface area contributed by atoms with Crippen LogP contribution in [-0.2, 0) is 4.74 Å². The number of rotatable bonds is 5. The summed E-state index contributed by atoms with van der Waals surface area (Å²) in [5.74, 6) is -1.26. The predicted octanol–water partition coefficient (Wildman–Crippen LogP) is 2.05. The highest BCUT2D eigenvalue weighted by molar-refractivity contribution is 6.05. The molecule has 0 aliphatic carbocycles. The van der Waals surface area contributed by atoms with E-state index in [-0.39, 0.29) is 17.2 Å². The number of nitrogens with one attached hydrogen (secondary N) is 1. The van der Waals surface area contributed by atoms with E-state index in [1.54, 1.807) is 13.8 Å². The molecular weight excluding hydrogens is 298 g/mol. The molecule has 0 unspecified atom stereocenters. The largest absolute Gasteiger partial charge is 0.449 e. The summed E-state index contributed by atoms with van der Waals surface area (Å²) in [4.78, 5) is 46.5. The minimum absolute atomic E-state index is 0.0240. The van der Waals surface area contributed by atoms with Crippen LogP contribution in [0.1, 0.15) is 56.4 Å². The molecule has 1 atom stereocenters. The summed E-state index contributed by atoms with van der Waals surface area (Å²) in [5, 5.41) is 0. The Morgan fingerprint density at radius 1 is 1.22 bits per heavy atom. The minimum Gasteiger partial charge on any atom is -0.449 e. The molecule has 23 heavy (non-hydrogen) atoms. The summed E-state index contributed by atoms with van der Waals surface area (Å²) in [7, 11) is 0. The third-order valence-corrected chi connectivity index (χ3v) is 3.46. The number of hydrogen-bond acceptors (Lipinski definition) is 6. The quantitative estimate of drug-likeness (QED) is 0.669. The second-order valence-electron chi connectivity index (χ2n) is 5.18. The van der Waals surface area contributed by atoms with Crippen LogP contribution in [-0.4, -0.2) is 38.6 Å². The predicted molar refractivity (Wildman–Crippen MR) is 81.5 cm³/mol. The molecule has 0 aliphatic heterocycles. The number of ketones is 2. The van der Waals surface area contributed by atoms with Gasteiger partial charge >= 0.3 is 5.97 Å². The van der Waals surface area contributed by atoms with Crippen LogP contribution in [0, 0.1) is 13.8 Å². The second kappa shape index (κ2) is 6.51. The number of aromatic amines is 1. The molecule has 0 amide bonds. The van der Waals surface area contributed by atoms with Gasteiger partial charge in [-0.25, -0.2) is 9.78 Å². The van der Waals surface area contributed by atoms with Crippen molar-refractivity contribution in [1.82, 2.24) is 15.0 Å². The van der Waals surface area contributed by atoms with Gasteiger partial charge in [-0.15, -0.1) is 0 Å². The van der Waals surface area contributed by atoms with Crippen LogP contribution in [0.4, 0.5) is 0 Å². The van der Waals surface area contributed by atoms with Gasteiger partial charge in [-0.3, -0.25) is 14.6 Å². The van der Waals surface area contributed by atoms with E-state index in [9.17, 15) is 14.4 Å². The van der Waals surface area contributed by atoms with Gasteiger partial charge in [0.15, 0.2) is 17.6 Å². The number of nitrogens with zero attached hydrogens (tertiary/aromatic N) is 2. The molecule has 0 saturated heterocycles. The Labute approximate surface area is 133 Å². The van der Waals surface area contributed by atoms with Gasteiger partial charge in [0.2, 0.25) is 5.78 Å². The van der Waals surface area contributed by atoms with Gasteiger partial charge in [-0.05, 0) is 33.3 Å². The number of esters is 1. The first-order valence-corrected chi connectivity index (χ1v) is 7.04. The molecule has 2 heterocycles. The summed E-state index contributed by atoms with van der Waals surface area (Å²) in [6, 6.07) is 0. The Morgan fingerprint density at radius 2 is 1.91 bits per heavy atom. The van der Waals surface area contributed by atoms with Crippen molar-refractivity contribution in [3.05, 3.63) is 46.8 Å². The smallest absolute Gasteiger partial charge is 0.359 e. The van der Waals surface area contributed by atoms with E-state index < -0.39 is 17.9 Å². The Bertz CT molecular complexity index is 765. The fraction of sp³-hybridized carbons (Fsp3) is 0.312. The Hall–Kier alpha value is -2.83. The lowest BCUT2D eigenvalue weighted by Crippen LogP contribution is -2.25. The molecule has 0 radical (unpaired) electrons. The van der Waals surface area contributed by atoms with Crippen molar-refractivity contribution in [2.75, 3.05) is 0 Å². The molecule has 0 spiro atoms. The van der Waals surface area contributed by atoms with Crippen molar-refractivity contribution in [2.24, 2.45) is 0 Å². The van der Waals surface area contributed by atoms with Crippen molar-refractivity contribution in [1.29, 1.82) is 0 Å². The van der Waals surface area contributed by atoms with Crippen LogP contribution in [0.2, 0.25) is 0 Å². The van der Waals surface area contributed by atoms with Gasteiger partial charge in [0, 0.05) is 23.7 Å². The number of ether oxygens (including phenoxy) is 1. The third-order valence-electron chi connectivity index (χ3n) is 3.46. The molecule has 0 aromatic carbocycles. The van der Waals surface area contributed by atoms with E-state index in [1.165, 1.54) is 32.4 Å². The lowest BCUT2D eigenvalue weighted by atomic mass is 10.0. The molecule has 0 bridgehead atoms. The molecular formula is C16H17N3O4. The average molecular weight is 315 g/mol. The van der Waals surface area contributed by atoms with E-state index in [0.29, 0.717) is 16.8 Å². The number of H-pyrrole nitrogens is 1. The Kier molecular flexibility index (Phi) is 4.68. The summed E-state index contributed by atoms with van der Waals surface area (Å²) in [6.45, 7) is 6.32. The topological polar surface area (TPSA) is 102 Å². The zero-order valence-corrected chi connectivity index (χ0v) is 13.3. The number of carbonyl (C=O) groups is 3. The summed E-state index contributed by atoms with van der Waals surface area (Å²) >= 11 is 0. The molecule has 7 heteroatoms. The second-order valence-corrected chi connectivity index (χ2v) is 5.18. The van der Waals surface area contributed by atoms with Crippen molar-refractivity contribution in [3.63, 3.8) is 0 Å². The number of Topliss-reactive ketones (excluding diaryl/α,β-unsaturated/α-hetero) is 2. The zero-order chi connectivity index (χ0) is 17.1. The van der Waals surface area contributed by atoms with Crippen LogP contribution >= 0.6 is 0 Å². The van der Waals surface area contributed by atoms with Gasteiger partial charge in [0.25, 0.3) is 0 Å². The first-order chi connectivity index (χ1) is 10.8. The van der Waals surface area contributed by atoms with Crippen molar-refractivity contribution < 1.29 is 19.1 Å². The standard InChI is InChI=1S/C16H17N3O4/c1-8-13(10(3)20)9(2)19-14(8)15(21)11(4)23-16(22)12-7-17-5-6-18-12/h5-7,11,19H,1-4H3/t11-/m1/s1. The first-order valence-electron chi connectivity index (χ1n) is 7.04. The molecule has 2 aromatic heterocycles. The highest BCUT2D eigenvalue weighted by Gasteiger charge is 2.26. The lowest BCUT2D eigenvalue weighted by Gasteiger charge is -2.11. The molecule has 2 rings (SSSR count). The summed E-state index contributed by atoms with van der Waals surface area (Å²) in [5.41, 5.74) is 1.96. The summed E-state index contributed by atoms with van der Waals surface area (Å²) in [6.07, 6.45) is 3.04. The SMILES string of the molecule is CC(=O)c1c(C)[nH]c(C(=O)[C@@H](C)OC(=O)c2cnccn2)c1C. The number of carbonyl (C=O) groups excluding carboxylic acids is 3. The normalized spacial score (nSPS) is 11.8. The lowest BCUT2D eigenvalue weighted by molar-refractivity contribution is 0.0310. The highest BCUT2D eigenvalue weighted by atomic mass is 16.5. The van der Waals surface area contributed by atoms with Gasteiger partial charge in [0.1, 0.15) is 0 Å². The molecule has 0 aliphatic rings. The van der Waals surface area contributed by atoms with Gasteiger partial charge in [-0.1, -0.05) is 0 Å². The average Bonchev–Trinajstić information content (AvgIpc) is 2.82. The van der Waals surface area contributed by atoms with E-state index in [1.807, 2.05) is 0 Å². The molecule has 7 nitrogen and oxygen atoms in total. The Balaban J connectivity index is 2.19. The maximum absolute atomic E-state index is 12.5. The number of hydrogen-bond donors (Lipinski definition) is 1.